The maximum Gasteiger partial charge on any atom is 0.337 e. The summed E-state index contributed by atoms with van der Waals surface area (Å²) in [4.78, 5) is 33.0. The first-order valence-corrected chi connectivity index (χ1v) is 6.92. The number of carbonyl (C=O) groups is 1. The summed E-state index contributed by atoms with van der Waals surface area (Å²) in [5.74, 6) is 0.155. The van der Waals surface area contributed by atoms with Gasteiger partial charge in [-0.2, -0.15) is 0 Å². The van der Waals surface area contributed by atoms with Crippen LogP contribution in [0.2, 0.25) is 0 Å². The lowest BCUT2D eigenvalue weighted by molar-refractivity contribution is 0.0601. The third kappa shape index (κ3) is 3.28. The molecule has 0 aliphatic carbocycles. The molecular weight excluding hydrogens is 270 g/mol. The van der Waals surface area contributed by atoms with Gasteiger partial charge in [-0.3, -0.25) is 9.69 Å². The molecule has 6 nitrogen and oxygen atoms in total. The number of H-pyrrole nitrogens is 1. The highest BCUT2D eigenvalue weighted by Crippen LogP contribution is 2.12. The molecule has 0 amide bonds. The van der Waals surface area contributed by atoms with Crippen LogP contribution in [-0.4, -0.2) is 41.0 Å². The van der Waals surface area contributed by atoms with E-state index in [4.69, 9.17) is 0 Å². The van der Waals surface area contributed by atoms with Crippen molar-refractivity contribution in [1.82, 2.24) is 14.9 Å². The fourth-order valence-electron chi connectivity index (χ4n) is 2.17. The number of hydrogen-bond acceptors (Lipinski definition) is 5. The predicted octanol–water partition coefficient (Wildman–Crippen LogP) is 1.55. The van der Waals surface area contributed by atoms with E-state index in [-0.39, 0.29) is 5.56 Å². The number of nitrogens with zero attached hydrogens (tertiary/aromatic N) is 2. The highest BCUT2D eigenvalue weighted by molar-refractivity contribution is 5.93. The molecule has 0 fully saturated rings. The Balaban J connectivity index is 2.46. The number of nitrogens with one attached hydrogen (secondary N) is 1. The van der Waals surface area contributed by atoms with Gasteiger partial charge in [0.05, 0.1) is 30.1 Å². The number of esters is 1. The number of rotatable bonds is 5. The van der Waals surface area contributed by atoms with E-state index in [0.717, 1.165) is 13.1 Å². The summed E-state index contributed by atoms with van der Waals surface area (Å²) in [6, 6.07) is 4.74. The SMILES string of the molecule is CCN(CC)Cc1nc2cc(C(=O)OC)ccc2c(=O)[nH]1. The predicted molar refractivity (Wildman–Crippen MR) is 80.3 cm³/mol. The first-order chi connectivity index (χ1) is 10.1. The van der Waals surface area contributed by atoms with Crippen LogP contribution in [0.1, 0.15) is 30.0 Å². The maximum absolute atomic E-state index is 12.1. The van der Waals surface area contributed by atoms with Crippen molar-refractivity contribution >= 4 is 16.9 Å². The first-order valence-electron chi connectivity index (χ1n) is 6.92. The lowest BCUT2D eigenvalue weighted by atomic mass is 10.1. The standard InChI is InChI=1S/C15H19N3O3/c1-4-18(5-2)9-13-16-12-8-10(15(20)21-3)6-7-11(12)14(19)17-13/h6-8H,4-5,9H2,1-3H3,(H,16,17,19). The Labute approximate surface area is 122 Å². The van der Waals surface area contributed by atoms with Crippen LogP contribution < -0.4 is 5.56 Å². The molecule has 0 aliphatic rings. The largest absolute Gasteiger partial charge is 0.465 e. The maximum atomic E-state index is 12.1. The van der Waals surface area contributed by atoms with Gasteiger partial charge < -0.3 is 9.72 Å². The van der Waals surface area contributed by atoms with Crippen LogP contribution in [0.3, 0.4) is 0 Å². The summed E-state index contributed by atoms with van der Waals surface area (Å²) in [7, 11) is 1.32. The molecule has 1 N–H and O–H groups in total. The number of methoxy groups -OCH3 is 1. The van der Waals surface area contributed by atoms with Crippen LogP contribution in [0.25, 0.3) is 10.9 Å². The van der Waals surface area contributed by atoms with Crippen molar-refractivity contribution in [1.29, 1.82) is 0 Å². The second-order valence-electron chi connectivity index (χ2n) is 4.70. The topological polar surface area (TPSA) is 75.3 Å². The molecule has 6 heteroatoms. The molecule has 0 saturated carbocycles. The lowest BCUT2D eigenvalue weighted by Crippen LogP contribution is -2.25. The molecule has 0 atom stereocenters. The van der Waals surface area contributed by atoms with Crippen molar-refractivity contribution in [2.45, 2.75) is 20.4 Å². The Morgan fingerprint density at radius 2 is 2.05 bits per heavy atom. The van der Waals surface area contributed by atoms with E-state index in [0.29, 0.717) is 28.8 Å². The quantitative estimate of drug-likeness (QED) is 0.845. The zero-order valence-corrected chi connectivity index (χ0v) is 12.5. The number of ether oxygens (including phenoxy) is 1. The monoisotopic (exact) mass is 289 g/mol. The molecule has 112 valence electrons. The normalized spacial score (nSPS) is 11.0. The van der Waals surface area contributed by atoms with E-state index >= 15 is 0 Å². The van der Waals surface area contributed by atoms with Crippen molar-refractivity contribution in [2.24, 2.45) is 0 Å². The highest BCUT2D eigenvalue weighted by atomic mass is 16.5. The minimum absolute atomic E-state index is 0.196. The molecule has 21 heavy (non-hydrogen) atoms. The molecule has 1 aromatic heterocycles. The van der Waals surface area contributed by atoms with Crippen molar-refractivity contribution in [2.75, 3.05) is 20.2 Å². The van der Waals surface area contributed by atoms with Crippen LogP contribution in [0.4, 0.5) is 0 Å². The number of aromatic amines is 1. The Kier molecular flexibility index (Phi) is 4.70. The van der Waals surface area contributed by atoms with Gasteiger partial charge in [-0.05, 0) is 31.3 Å². The third-order valence-electron chi connectivity index (χ3n) is 3.44. The molecule has 1 aromatic carbocycles. The fraction of sp³-hybridized carbons (Fsp3) is 0.400. The van der Waals surface area contributed by atoms with Gasteiger partial charge in [0.15, 0.2) is 0 Å². The van der Waals surface area contributed by atoms with E-state index in [1.54, 1.807) is 18.2 Å². The molecule has 0 aliphatic heterocycles. The minimum atomic E-state index is -0.440. The van der Waals surface area contributed by atoms with E-state index < -0.39 is 5.97 Å². The minimum Gasteiger partial charge on any atom is -0.465 e. The lowest BCUT2D eigenvalue weighted by Gasteiger charge is -2.17. The molecule has 0 unspecified atom stereocenters. The van der Waals surface area contributed by atoms with Crippen LogP contribution >= 0.6 is 0 Å². The van der Waals surface area contributed by atoms with Gasteiger partial charge in [0.25, 0.3) is 5.56 Å². The van der Waals surface area contributed by atoms with Crippen LogP contribution in [-0.2, 0) is 11.3 Å². The first kappa shape index (κ1) is 15.2. The molecule has 0 saturated heterocycles. The van der Waals surface area contributed by atoms with Crippen molar-refractivity contribution in [3.05, 3.63) is 39.9 Å². The summed E-state index contributed by atoms with van der Waals surface area (Å²) in [6.07, 6.45) is 0. The smallest absolute Gasteiger partial charge is 0.337 e. The molecule has 2 rings (SSSR count). The van der Waals surface area contributed by atoms with Crippen molar-refractivity contribution in [3.63, 3.8) is 0 Å². The Morgan fingerprint density at radius 3 is 2.67 bits per heavy atom. The molecular formula is C15H19N3O3. The summed E-state index contributed by atoms with van der Waals surface area (Å²) in [5, 5.41) is 0.464. The van der Waals surface area contributed by atoms with Crippen molar-refractivity contribution in [3.8, 4) is 0 Å². The van der Waals surface area contributed by atoms with Crippen LogP contribution in [0.15, 0.2) is 23.0 Å². The van der Waals surface area contributed by atoms with Gasteiger partial charge in [0, 0.05) is 0 Å². The van der Waals surface area contributed by atoms with Crippen molar-refractivity contribution < 1.29 is 9.53 Å². The molecule has 0 radical (unpaired) electrons. The molecule has 2 aromatic rings. The van der Waals surface area contributed by atoms with Gasteiger partial charge in [-0.1, -0.05) is 13.8 Å². The van der Waals surface area contributed by atoms with Gasteiger partial charge in [-0.15, -0.1) is 0 Å². The summed E-state index contributed by atoms with van der Waals surface area (Å²) >= 11 is 0. The van der Waals surface area contributed by atoms with Gasteiger partial charge in [0.1, 0.15) is 5.82 Å². The summed E-state index contributed by atoms with van der Waals surface area (Å²) in [6.45, 7) is 6.43. The van der Waals surface area contributed by atoms with E-state index in [1.165, 1.54) is 7.11 Å². The highest BCUT2D eigenvalue weighted by Gasteiger charge is 2.11. The zero-order valence-electron chi connectivity index (χ0n) is 12.5. The average molecular weight is 289 g/mol. The second-order valence-corrected chi connectivity index (χ2v) is 4.70. The Hall–Kier alpha value is -2.21. The average Bonchev–Trinajstić information content (AvgIpc) is 2.51. The third-order valence-corrected chi connectivity index (χ3v) is 3.44. The Bertz CT molecular complexity index is 705. The number of hydrogen-bond donors (Lipinski definition) is 1. The second kappa shape index (κ2) is 6.49. The van der Waals surface area contributed by atoms with Gasteiger partial charge in [-0.25, -0.2) is 9.78 Å². The van der Waals surface area contributed by atoms with Gasteiger partial charge >= 0.3 is 5.97 Å². The number of benzene rings is 1. The summed E-state index contributed by atoms with van der Waals surface area (Å²) < 4.78 is 4.68. The van der Waals surface area contributed by atoms with E-state index in [1.807, 2.05) is 0 Å². The Morgan fingerprint density at radius 1 is 1.33 bits per heavy atom. The fourth-order valence-corrected chi connectivity index (χ4v) is 2.17. The molecule has 1 heterocycles. The van der Waals surface area contributed by atoms with Crippen LogP contribution in [0, 0.1) is 0 Å². The molecule has 0 spiro atoms. The number of fused-ring (bicyclic) bond motifs is 1. The number of carbonyl (C=O) groups excluding carboxylic acids is 1. The van der Waals surface area contributed by atoms with E-state index in [9.17, 15) is 9.59 Å². The van der Waals surface area contributed by atoms with Crippen LogP contribution in [0.5, 0.6) is 0 Å². The van der Waals surface area contributed by atoms with E-state index in [2.05, 4.69) is 33.5 Å². The number of aromatic nitrogens is 2. The summed E-state index contributed by atoms with van der Waals surface area (Å²) in [5.41, 5.74) is 0.694. The molecule has 0 bridgehead atoms. The zero-order chi connectivity index (χ0) is 15.4. The van der Waals surface area contributed by atoms with Gasteiger partial charge in [0.2, 0.25) is 0 Å².